The van der Waals surface area contributed by atoms with Gasteiger partial charge in [-0.05, 0) is 83.3 Å². The molecule has 1 unspecified atom stereocenters. The van der Waals surface area contributed by atoms with Crippen LogP contribution in [0.3, 0.4) is 0 Å². The van der Waals surface area contributed by atoms with E-state index in [1.54, 1.807) is 27.9 Å². The molecule has 35 heavy (non-hydrogen) atoms. The van der Waals surface area contributed by atoms with Crippen LogP contribution in [0.25, 0.3) is 0 Å². The molecule has 0 spiro atoms. The van der Waals surface area contributed by atoms with E-state index in [2.05, 4.69) is 27.7 Å². The number of anilines is 1. The molecule has 0 bridgehead atoms. The van der Waals surface area contributed by atoms with Crippen molar-refractivity contribution in [2.75, 3.05) is 38.7 Å². The van der Waals surface area contributed by atoms with Gasteiger partial charge in [-0.15, -0.1) is 0 Å². The highest BCUT2D eigenvalue weighted by Gasteiger charge is 2.34. The SMILES string of the molecule is COCCN(CCC(NC(=O)OC(C)(C)C)C(=O)O)C1CC(CCc2ccc3c(n2)NCCC3)C1. The van der Waals surface area contributed by atoms with E-state index in [-0.39, 0.29) is 0 Å². The summed E-state index contributed by atoms with van der Waals surface area (Å²) in [6.45, 7) is 8.16. The summed E-state index contributed by atoms with van der Waals surface area (Å²) in [6, 6.07) is 3.79. The molecule has 1 aliphatic heterocycles. The van der Waals surface area contributed by atoms with E-state index >= 15 is 0 Å². The van der Waals surface area contributed by atoms with Crippen molar-refractivity contribution in [2.24, 2.45) is 5.92 Å². The van der Waals surface area contributed by atoms with Gasteiger partial charge in [0.15, 0.2) is 0 Å². The van der Waals surface area contributed by atoms with Crippen LogP contribution in [-0.4, -0.2) is 78.1 Å². The highest BCUT2D eigenvalue weighted by molar-refractivity contribution is 5.80. The smallest absolute Gasteiger partial charge is 0.408 e. The van der Waals surface area contributed by atoms with Crippen LogP contribution in [-0.2, 0) is 27.1 Å². The summed E-state index contributed by atoms with van der Waals surface area (Å²) in [4.78, 5) is 30.9. The second kappa shape index (κ2) is 12.5. The van der Waals surface area contributed by atoms with Gasteiger partial charge in [0, 0.05) is 38.5 Å². The molecule has 2 heterocycles. The van der Waals surface area contributed by atoms with Gasteiger partial charge >= 0.3 is 12.1 Å². The maximum atomic E-state index is 12.1. The third-order valence-corrected chi connectivity index (χ3v) is 6.76. The number of carboxylic acid groups (broad SMARTS) is 1. The summed E-state index contributed by atoms with van der Waals surface area (Å²) in [5.41, 5.74) is 1.79. The number of pyridine rings is 1. The van der Waals surface area contributed by atoms with Crippen LogP contribution in [0.4, 0.5) is 10.6 Å². The van der Waals surface area contributed by atoms with E-state index in [0.29, 0.717) is 31.5 Å². The fourth-order valence-corrected chi connectivity index (χ4v) is 4.78. The van der Waals surface area contributed by atoms with Crippen molar-refractivity contribution in [2.45, 2.75) is 83.4 Å². The van der Waals surface area contributed by atoms with Gasteiger partial charge in [-0.2, -0.15) is 0 Å². The Morgan fingerprint density at radius 1 is 1.29 bits per heavy atom. The highest BCUT2D eigenvalue weighted by Crippen LogP contribution is 2.35. The average molecular weight is 491 g/mol. The monoisotopic (exact) mass is 490 g/mol. The molecule has 9 nitrogen and oxygen atoms in total. The first kappa shape index (κ1) is 27.2. The molecule has 3 rings (SSSR count). The van der Waals surface area contributed by atoms with Gasteiger partial charge in [-0.1, -0.05) is 6.07 Å². The van der Waals surface area contributed by atoms with Crippen molar-refractivity contribution in [3.05, 3.63) is 23.4 Å². The van der Waals surface area contributed by atoms with Crippen LogP contribution in [0, 0.1) is 5.92 Å². The van der Waals surface area contributed by atoms with E-state index in [9.17, 15) is 14.7 Å². The van der Waals surface area contributed by atoms with Crippen molar-refractivity contribution in [3.8, 4) is 0 Å². The van der Waals surface area contributed by atoms with E-state index in [1.807, 2.05) is 0 Å². The zero-order valence-corrected chi connectivity index (χ0v) is 21.6. The number of aryl methyl sites for hydroxylation is 2. The largest absolute Gasteiger partial charge is 0.480 e. The van der Waals surface area contributed by atoms with Gasteiger partial charge in [0.1, 0.15) is 17.5 Å². The van der Waals surface area contributed by atoms with Crippen molar-refractivity contribution >= 4 is 17.9 Å². The van der Waals surface area contributed by atoms with Crippen LogP contribution in [0.15, 0.2) is 12.1 Å². The Labute approximate surface area is 209 Å². The molecule has 1 aromatic heterocycles. The topological polar surface area (TPSA) is 113 Å². The summed E-state index contributed by atoms with van der Waals surface area (Å²) in [5, 5.41) is 15.5. The summed E-state index contributed by atoms with van der Waals surface area (Å²) in [5.74, 6) is 0.644. The Morgan fingerprint density at radius 2 is 2.06 bits per heavy atom. The zero-order chi connectivity index (χ0) is 25.4. The number of carbonyl (C=O) groups is 2. The Bertz CT molecular complexity index is 851. The lowest BCUT2D eigenvalue weighted by atomic mass is 9.76. The van der Waals surface area contributed by atoms with Crippen LogP contribution in [0.5, 0.6) is 0 Å². The Hall–Kier alpha value is -2.39. The van der Waals surface area contributed by atoms with Crippen LogP contribution in [0.1, 0.15) is 64.1 Å². The zero-order valence-electron chi connectivity index (χ0n) is 21.6. The van der Waals surface area contributed by atoms with Crippen LogP contribution >= 0.6 is 0 Å². The molecule has 1 saturated carbocycles. The Kier molecular flexibility index (Phi) is 9.74. The molecule has 9 heteroatoms. The number of methoxy groups -OCH3 is 1. The molecule has 0 aromatic carbocycles. The molecule has 196 valence electrons. The Morgan fingerprint density at radius 3 is 2.74 bits per heavy atom. The number of alkyl carbamates (subject to hydrolysis) is 1. The number of rotatable bonds is 12. The van der Waals surface area contributed by atoms with E-state index in [1.165, 1.54) is 12.0 Å². The van der Waals surface area contributed by atoms with E-state index < -0.39 is 23.7 Å². The molecule has 0 radical (unpaired) electrons. The predicted octanol–water partition coefficient (Wildman–Crippen LogP) is 3.47. The summed E-state index contributed by atoms with van der Waals surface area (Å²) < 4.78 is 10.5. The average Bonchev–Trinajstić information content (AvgIpc) is 2.76. The number of nitrogens with one attached hydrogen (secondary N) is 2. The Balaban J connectivity index is 1.46. The van der Waals surface area contributed by atoms with Gasteiger partial charge in [0.05, 0.1) is 6.61 Å². The van der Waals surface area contributed by atoms with Gasteiger partial charge in [0.25, 0.3) is 0 Å². The van der Waals surface area contributed by atoms with Gasteiger partial charge in [0.2, 0.25) is 0 Å². The molecule has 1 aliphatic carbocycles. The van der Waals surface area contributed by atoms with Crippen molar-refractivity contribution in [3.63, 3.8) is 0 Å². The molecule has 0 saturated heterocycles. The normalized spacial score (nSPS) is 20.4. The second-order valence-electron chi connectivity index (χ2n) is 10.7. The number of amides is 1. The van der Waals surface area contributed by atoms with Gasteiger partial charge in [-0.25, -0.2) is 14.6 Å². The molecule has 1 amide bonds. The first-order chi connectivity index (χ1) is 16.6. The molecule has 3 N–H and O–H groups in total. The first-order valence-electron chi connectivity index (χ1n) is 12.8. The third kappa shape index (κ3) is 8.65. The number of carboxylic acids is 1. The number of fused-ring (bicyclic) bond motifs is 1. The predicted molar refractivity (Wildman–Crippen MR) is 135 cm³/mol. The molecule has 1 aromatic rings. The minimum Gasteiger partial charge on any atom is -0.480 e. The van der Waals surface area contributed by atoms with Gasteiger partial charge in [-0.3, -0.25) is 4.90 Å². The van der Waals surface area contributed by atoms with Crippen LogP contribution in [0.2, 0.25) is 0 Å². The fourth-order valence-electron chi connectivity index (χ4n) is 4.78. The summed E-state index contributed by atoms with van der Waals surface area (Å²) in [6.07, 6.45) is 6.14. The third-order valence-electron chi connectivity index (χ3n) is 6.76. The van der Waals surface area contributed by atoms with Crippen molar-refractivity contribution in [1.29, 1.82) is 0 Å². The molecular formula is C26H42N4O5. The lowest BCUT2D eigenvalue weighted by molar-refractivity contribution is -0.139. The highest BCUT2D eigenvalue weighted by atomic mass is 16.6. The number of nitrogens with zero attached hydrogens (tertiary/aromatic N) is 2. The summed E-state index contributed by atoms with van der Waals surface area (Å²) in [7, 11) is 1.67. The molecule has 1 fully saturated rings. The first-order valence-corrected chi connectivity index (χ1v) is 12.8. The number of ether oxygens (including phenoxy) is 2. The van der Waals surface area contributed by atoms with E-state index in [0.717, 1.165) is 56.7 Å². The van der Waals surface area contributed by atoms with Crippen molar-refractivity contribution in [1.82, 2.24) is 15.2 Å². The molecule has 1 atom stereocenters. The lowest BCUT2D eigenvalue weighted by Gasteiger charge is -2.43. The van der Waals surface area contributed by atoms with Gasteiger partial charge < -0.3 is 25.2 Å². The number of aliphatic carboxylic acids is 1. The second-order valence-corrected chi connectivity index (χ2v) is 10.7. The quantitative estimate of drug-likeness (QED) is 0.408. The van der Waals surface area contributed by atoms with E-state index in [4.69, 9.17) is 14.5 Å². The lowest BCUT2D eigenvalue weighted by Crippen LogP contribution is -2.49. The maximum Gasteiger partial charge on any atom is 0.408 e. The standard InChI is InChI=1S/C26H42N4O5/c1-26(2,3)35-25(33)29-22(24(31)32)11-13-30(14-15-34-4)21-16-18(17-21)7-9-20-10-8-19-6-5-12-27-23(19)28-20/h8,10,18,21-22H,5-7,9,11-17H2,1-4H3,(H,27,28)(H,29,33)(H,31,32). The van der Waals surface area contributed by atoms with Crippen molar-refractivity contribution < 1.29 is 24.2 Å². The number of hydrogen-bond acceptors (Lipinski definition) is 7. The molecule has 2 aliphatic rings. The number of hydrogen-bond donors (Lipinski definition) is 3. The van der Waals surface area contributed by atoms with Crippen LogP contribution < -0.4 is 10.6 Å². The minimum absolute atomic E-state index is 0.311. The minimum atomic E-state index is -1.05. The summed E-state index contributed by atoms with van der Waals surface area (Å²) >= 11 is 0. The molecular weight excluding hydrogens is 448 g/mol. The fraction of sp³-hybridized carbons (Fsp3) is 0.731. The number of aromatic nitrogens is 1. The number of carbonyl (C=O) groups excluding carboxylic acids is 1. The maximum absolute atomic E-state index is 12.1.